The predicted octanol–water partition coefficient (Wildman–Crippen LogP) is 0.241. The van der Waals surface area contributed by atoms with E-state index in [1.54, 1.807) is 19.3 Å². The van der Waals surface area contributed by atoms with Gasteiger partial charge in [0.05, 0.1) is 11.9 Å². The second-order valence-corrected chi connectivity index (χ2v) is 4.07. The lowest BCUT2D eigenvalue weighted by Crippen LogP contribution is -2.28. The van der Waals surface area contributed by atoms with E-state index in [4.69, 9.17) is 0 Å². The zero-order valence-electron chi connectivity index (χ0n) is 10.1. The molecule has 2 rings (SSSR count). The summed E-state index contributed by atoms with van der Waals surface area (Å²) in [5.41, 5.74) is 1.55. The van der Waals surface area contributed by atoms with Crippen LogP contribution in [0.25, 0.3) is 0 Å². The van der Waals surface area contributed by atoms with Crippen molar-refractivity contribution in [3.8, 4) is 0 Å². The molecule has 0 aliphatic carbocycles. The number of nitrogens with zero attached hydrogens (tertiary/aromatic N) is 2. The highest BCUT2D eigenvalue weighted by molar-refractivity contribution is 5.92. The third kappa shape index (κ3) is 2.94. The molecule has 2 N–H and O–H groups in total. The fraction of sp³-hybridized carbons (Fsp3) is 0.500. The van der Waals surface area contributed by atoms with Crippen molar-refractivity contribution in [2.75, 3.05) is 38.1 Å². The summed E-state index contributed by atoms with van der Waals surface area (Å²) in [6.07, 6.45) is 2.91. The van der Waals surface area contributed by atoms with Crippen molar-refractivity contribution in [1.29, 1.82) is 0 Å². The maximum absolute atomic E-state index is 11.4. The van der Waals surface area contributed by atoms with Crippen molar-refractivity contribution in [3.05, 3.63) is 24.0 Å². The first-order valence-corrected chi connectivity index (χ1v) is 5.95. The van der Waals surface area contributed by atoms with Gasteiger partial charge < -0.3 is 15.5 Å². The smallest absolute Gasteiger partial charge is 0.269 e. The summed E-state index contributed by atoms with van der Waals surface area (Å²) in [6.45, 7) is 4.09. The highest BCUT2D eigenvalue weighted by atomic mass is 16.1. The summed E-state index contributed by atoms with van der Waals surface area (Å²) in [6, 6.07) is 3.73. The standard InChI is InChI=1S/C12H18N4O/c1-13-12(17)11-4-3-10(9-15-11)16-7-2-5-14-6-8-16/h3-4,9,14H,2,5-8H2,1H3,(H,13,17). The van der Waals surface area contributed by atoms with Crippen molar-refractivity contribution in [2.24, 2.45) is 0 Å². The van der Waals surface area contributed by atoms with E-state index in [1.165, 1.54) is 0 Å². The number of pyridine rings is 1. The molecule has 1 fully saturated rings. The van der Waals surface area contributed by atoms with Crippen LogP contribution < -0.4 is 15.5 Å². The van der Waals surface area contributed by atoms with Crippen LogP contribution >= 0.6 is 0 Å². The van der Waals surface area contributed by atoms with E-state index in [9.17, 15) is 4.79 Å². The summed E-state index contributed by atoms with van der Waals surface area (Å²) in [7, 11) is 1.61. The summed E-state index contributed by atoms with van der Waals surface area (Å²) < 4.78 is 0. The van der Waals surface area contributed by atoms with Gasteiger partial charge in [-0.1, -0.05) is 0 Å². The van der Waals surface area contributed by atoms with Crippen LogP contribution in [0, 0.1) is 0 Å². The Bertz CT molecular complexity index is 369. The van der Waals surface area contributed by atoms with Gasteiger partial charge in [-0.15, -0.1) is 0 Å². The predicted molar refractivity (Wildman–Crippen MR) is 67.3 cm³/mol. The fourth-order valence-electron chi connectivity index (χ4n) is 1.94. The first kappa shape index (κ1) is 11.9. The molecule has 0 spiro atoms. The van der Waals surface area contributed by atoms with Crippen LogP contribution in [0.3, 0.4) is 0 Å². The molecular formula is C12H18N4O. The number of carbonyl (C=O) groups excluding carboxylic acids is 1. The zero-order chi connectivity index (χ0) is 12.1. The lowest BCUT2D eigenvalue weighted by Gasteiger charge is -2.21. The third-order valence-electron chi connectivity index (χ3n) is 2.91. The highest BCUT2D eigenvalue weighted by Gasteiger charge is 2.11. The van der Waals surface area contributed by atoms with E-state index < -0.39 is 0 Å². The number of aromatic nitrogens is 1. The molecule has 17 heavy (non-hydrogen) atoms. The molecule has 1 aliphatic heterocycles. The Morgan fingerprint density at radius 2 is 2.29 bits per heavy atom. The molecule has 0 unspecified atom stereocenters. The quantitative estimate of drug-likeness (QED) is 0.769. The normalized spacial score (nSPS) is 16.4. The van der Waals surface area contributed by atoms with Gasteiger partial charge in [0, 0.05) is 26.7 Å². The van der Waals surface area contributed by atoms with E-state index in [-0.39, 0.29) is 5.91 Å². The van der Waals surface area contributed by atoms with Crippen LogP contribution in [0.15, 0.2) is 18.3 Å². The van der Waals surface area contributed by atoms with E-state index in [1.807, 2.05) is 6.07 Å². The molecule has 92 valence electrons. The van der Waals surface area contributed by atoms with Crippen molar-refractivity contribution in [3.63, 3.8) is 0 Å². The topological polar surface area (TPSA) is 57.3 Å². The number of anilines is 1. The van der Waals surface area contributed by atoms with Crippen LogP contribution in [0.4, 0.5) is 5.69 Å². The summed E-state index contributed by atoms with van der Waals surface area (Å²) in [4.78, 5) is 17.8. The Morgan fingerprint density at radius 1 is 1.41 bits per heavy atom. The van der Waals surface area contributed by atoms with Gasteiger partial charge in [0.25, 0.3) is 5.91 Å². The van der Waals surface area contributed by atoms with Gasteiger partial charge in [0.15, 0.2) is 0 Å². The average molecular weight is 234 g/mol. The van der Waals surface area contributed by atoms with Crippen LogP contribution in [-0.4, -0.2) is 44.1 Å². The van der Waals surface area contributed by atoms with Crippen molar-refractivity contribution in [2.45, 2.75) is 6.42 Å². The Kier molecular flexibility index (Phi) is 3.93. The molecular weight excluding hydrogens is 216 g/mol. The van der Waals surface area contributed by atoms with Crippen molar-refractivity contribution < 1.29 is 4.79 Å². The minimum absolute atomic E-state index is 0.144. The molecule has 1 aliphatic rings. The number of nitrogens with one attached hydrogen (secondary N) is 2. The Balaban J connectivity index is 2.08. The van der Waals surface area contributed by atoms with Crippen LogP contribution in [0.1, 0.15) is 16.9 Å². The molecule has 1 aromatic heterocycles. The lowest BCUT2D eigenvalue weighted by molar-refractivity contribution is 0.0958. The van der Waals surface area contributed by atoms with Gasteiger partial charge in [-0.2, -0.15) is 0 Å². The van der Waals surface area contributed by atoms with E-state index >= 15 is 0 Å². The second kappa shape index (κ2) is 5.63. The molecule has 1 amide bonds. The van der Waals surface area contributed by atoms with E-state index in [0.717, 1.165) is 38.3 Å². The molecule has 0 atom stereocenters. The summed E-state index contributed by atoms with van der Waals surface area (Å²) in [5, 5.41) is 5.92. The van der Waals surface area contributed by atoms with Gasteiger partial charge in [-0.3, -0.25) is 4.79 Å². The zero-order valence-corrected chi connectivity index (χ0v) is 10.1. The minimum atomic E-state index is -0.144. The average Bonchev–Trinajstić information content (AvgIpc) is 2.67. The first-order valence-electron chi connectivity index (χ1n) is 5.95. The summed E-state index contributed by atoms with van der Waals surface area (Å²) in [5.74, 6) is -0.144. The van der Waals surface area contributed by atoms with Gasteiger partial charge in [-0.05, 0) is 25.1 Å². The molecule has 5 nitrogen and oxygen atoms in total. The molecule has 0 aromatic carbocycles. The van der Waals surface area contributed by atoms with Crippen molar-refractivity contribution >= 4 is 11.6 Å². The third-order valence-corrected chi connectivity index (χ3v) is 2.91. The maximum atomic E-state index is 11.4. The number of rotatable bonds is 2. The van der Waals surface area contributed by atoms with Crippen LogP contribution in [-0.2, 0) is 0 Å². The molecule has 0 saturated carbocycles. The molecule has 5 heteroatoms. The Hall–Kier alpha value is -1.62. The minimum Gasteiger partial charge on any atom is -0.369 e. The van der Waals surface area contributed by atoms with Gasteiger partial charge in [0.1, 0.15) is 5.69 Å². The Labute approximate surface area is 101 Å². The van der Waals surface area contributed by atoms with E-state index in [0.29, 0.717) is 5.69 Å². The molecule has 0 bridgehead atoms. The lowest BCUT2D eigenvalue weighted by atomic mass is 10.3. The fourth-order valence-corrected chi connectivity index (χ4v) is 1.94. The molecule has 1 aromatic rings. The Morgan fingerprint density at radius 3 is 3.00 bits per heavy atom. The number of amides is 1. The molecule has 0 radical (unpaired) electrons. The largest absolute Gasteiger partial charge is 0.369 e. The SMILES string of the molecule is CNC(=O)c1ccc(N2CCCNCC2)cn1. The second-order valence-electron chi connectivity index (χ2n) is 4.07. The van der Waals surface area contributed by atoms with Gasteiger partial charge in [0.2, 0.25) is 0 Å². The first-order chi connectivity index (χ1) is 8.31. The van der Waals surface area contributed by atoms with Gasteiger partial charge >= 0.3 is 0 Å². The summed E-state index contributed by atoms with van der Waals surface area (Å²) >= 11 is 0. The maximum Gasteiger partial charge on any atom is 0.269 e. The van der Waals surface area contributed by atoms with Crippen LogP contribution in [0.2, 0.25) is 0 Å². The van der Waals surface area contributed by atoms with E-state index in [2.05, 4.69) is 20.5 Å². The molecule has 2 heterocycles. The highest BCUT2D eigenvalue weighted by Crippen LogP contribution is 2.14. The number of hydrogen-bond acceptors (Lipinski definition) is 4. The monoisotopic (exact) mass is 234 g/mol. The number of carbonyl (C=O) groups is 1. The molecule has 1 saturated heterocycles. The van der Waals surface area contributed by atoms with Crippen molar-refractivity contribution in [1.82, 2.24) is 15.6 Å². The number of hydrogen-bond donors (Lipinski definition) is 2. The van der Waals surface area contributed by atoms with Crippen LogP contribution in [0.5, 0.6) is 0 Å². The van der Waals surface area contributed by atoms with Gasteiger partial charge in [-0.25, -0.2) is 4.98 Å².